The van der Waals surface area contributed by atoms with Crippen molar-refractivity contribution in [3.05, 3.63) is 80.8 Å². The van der Waals surface area contributed by atoms with Gasteiger partial charge in [-0.15, -0.1) is 22.7 Å². The van der Waals surface area contributed by atoms with E-state index in [0.717, 1.165) is 16.5 Å². The number of carbonyl (C=O) groups excluding carboxylic acids is 2. The van der Waals surface area contributed by atoms with Crippen molar-refractivity contribution in [1.29, 1.82) is 0 Å². The minimum Gasteiger partial charge on any atom is -0.361 e. The Balaban J connectivity index is 1.52. The molecule has 3 heterocycles. The van der Waals surface area contributed by atoms with Gasteiger partial charge < -0.3 is 15.6 Å². The van der Waals surface area contributed by atoms with Crippen LogP contribution in [0.25, 0.3) is 10.9 Å². The fourth-order valence-electron chi connectivity index (χ4n) is 3.70. The molecule has 2 atom stereocenters. The SMILES string of the molecule is CC(C)[C@@H](NC(=O)c1cccs1)C(=O)NC[C@@H](c1cccs1)c1c[nH]c2ccccc12. The van der Waals surface area contributed by atoms with Gasteiger partial charge in [-0.25, -0.2) is 0 Å². The van der Waals surface area contributed by atoms with Gasteiger partial charge >= 0.3 is 0 Å². The van der Waals surface area contributed by atoms with Crippen molar-refractivity contribution < 1.29 is 9.59 Å². The second-order valence-corrected chi connectivity index (χ2v) is 9.70. The van der Waals surface area contributed by atoms with E-state index in [1.54, 1.807) is 17.4 Å². The number of hydrogen-bond acceptors (Lipinski definition) is 4. The van der Waals surface area contributed by atoms with Gasteiger partial charge in [0.15, 0.2) is 0 Å². The van der Waals surface area contributed by atoms with Crippen molar-refractivity contribution >= 4 is 45.4 Å². The standard InChI is InChI=1S/C24H25N3O2S2/c1-15(2)22(27-23(28)21-10-6-12-31-21)24(29)26-14-18(20-9-5-11-30-20)17-13-25-19-8-4-3-7-16(17)19/h3-13,15,18,22,25H,14H2,1-2H3,(H,26,29)(H,27,28)/t18-,22-/m1/s1. The maximum atomic E-state index is 13.1. The molecule has 0 saturated carbocycles. The molecule has 0 unspecified atom stereocenters. The number of benzene rings is 1. The van der Waals surface area contributed by atoms with Crippen LogP contribution in [0.15, 0.2) is 65.5 Å². The molecule has 31 heavy (non-hydrogen) atoms. The molecule has 1 aromatic carbocycles. The Morgan fingerprint density at radius 3 is 2.48 bits per heavy atom. The Kier molecular flexibility index (Phi) is 6.53. The number of amides is 2. The zero-order valence-electron chi connectivity index (χ0n) is 17.4. The van der Waals surface area contributed by atoms with Crippen LogP contribution in [0.5, 0.6) is 0 Å². The maximum Gasteiger partial charge on any atom is 0.262 e. The first-order valence-corrected chi connectivity index (χ1v) is 12.0. The van der Waals surface area contributed by atoms with E-state index < -0.39 is 6.04 Å². The van der Waals surface area contributed by atoms with Crippen molar-refractivity contribution in [2.45, 2.75) is 25.8 Å². The number of hydrogen-bond donors (Lipinski definition) is 3. The maximum absolute atomic E-state index is 13.1. The summed E-state index contributed by atoms with van der Waals surface area (Å²) in [6.45, 7) is 4.34. The Morgan fingerprint density at radius 1 is 1.00 bits per heavy atom. The number of para-hydroxylation sites is 1. The largest absolute Gasteiger partial charge is 0.361 e. The Morgan fingerprint density at radius 2 is 1.77 bits per heavy atom. The zero-order valence-corrected chi connectivity index (χ0v) is 19.1. The quantitative estimate of drug-likeness (QED) is 0.353. The molecular formula is C24H25N3O2S2. The topological polar surface area (TPSA) is 74.0 Å². The third kappa shape index (κ3) is 4.73. The van der Waals surface area contributed by atoms with Gasteiger partial charge in [0.1, 0.15) is 6.04 Å². The van der Waals surface area contributed by atoms with Crippen molar-refractivity contribution in [3.8, 4) is 0 Å². The highest BCUT2D eigenvalue weighted by Crippen LogP contribution is 2.32. The number of nitrogens with one attached hydrogen (secondary N) is 3. The molecule has 7 heteroatoms. The van der Waals surface area contributed by atoms with Crippen LogP contribution in [0.1, 0.15) is 39.9 Å². The van der Waals surface area contributed by atoms with E-state index in [0.29, 0.717) is 11.4 Å². The van der Waals surface area contributed by atoms with Crippen LogP contribution < -0.4 is 10.6 Å². The number of aromatic amines is 1. The fourth-order valence-corrected chi connectivity index (χ4v) is 5.18. The predicted octanol–water partition coefficient (Wildman–Crippen LogP) is 4.99. The lowest BCUT2D eigenvalue weighted by Crippen LogP contribution is -2.50. The molecule has 0 saturated heterocycles. The average Bonchev–Trinajstić information content (AvgIpc) is 3.54. The van der Waals surface area contributed by atoms with Crippen molar-refractivity contribution in [3.63, 3.8) is 0 Å². The smallest absolute Gasteiger partial charge is 0.262 e. The lowest BCUT2D eigenvalue weighted by molar-refractivity contribution is -0.123. The van der Waals surface area contributed by atoms with Crippen LogP contribution >= 0.6 is 22.7 Å². The van der Waals surface area contributed by atoms with Crippen LogP contribution in [0.4, 0.5) is 0 Å². The molecule has 2 amide bonds. The molecule has 160 valence electrons. The van der Waals surface area contributed by atoms with E-state index in [1.807, 2.05) is 49.7 Å². The summed E-state index contributed by atoms with van der Waals surface area (Å²) in [6.07, 6.45) is 2.03. The normalized spacial score (nSPS) is 13.3. The average molecular weight is 452 g/mol. The molecule has 0 bridgehead atoms. The minimum atomic E-state index is -0.596. The highest BCUT2D eigenvalue weighted by molar-refractivity contribution is 7.12. The van der Waals surface area contributed by atoms with Crippen LogP contribution in [0.2, 0.25) is 0 Å². The Hall–Kier alpha value is -2.90. The van der Waals surface area contributed by atoms with Crippen LogP contribution in [-0.2, 0) is 4.79 Å². The first-order valence-electron chi connectivity index (χ1n) is 10.3. The Bertz CT molecular complexity index is 1150. The summed E-state index contributed by atoms with van der Waals surface area (Å²) in [6, 6.07) is 15.3. The van der Waals surface area contributed by atoms with Gasteiger partial charge in [-0.2, -0.15) is 0 Å². The first-order chi connectivity index (χ1) is 15.0. The van der Waals surface area contributed by atoms with Gasteiger partial charge in [-0.1, -0.05) is 44.2 Å². The number of rotatable bonds is 8. The molecule has 0 aliphatic rings. The van der Waals surface area contributed by atoms with Gasteiger partial charge in [0.2, 0.25) is 5.91 Å². The van der Waals surface area contributed by atoms with Crippen molar-refractivity contribution in [2.75, 3.05) is 6.54 Å². The monoisotopic (exact) mass is 451 g/mol. The van der Waals surface area contributed by atoms with E-state index in [1.165, 1.54) is 16.2 Å². The molecular weight excluding hydrogens is 426 g/mol. The number of aromatic nitrogens is 1. The lowest BCUT2D eigenvalue weighted by Gasteiger charge is -2.23. The van der Waals surface area contributed by atoms with Gasteiger partial charge in [-0.3, -0.25) is 9.59 Å². The molecule has 4 aromatic rings. The third-order valence-corrected chi connectivity index (χ3v) is 7.20. The number of fused-ring (bicyclic) bond motifs is 1. The lowest BCUT2D eigenvalue weighted by atomic mass is 9.96. The highest BCUT2D eigenvalue weighted by atomic mass is 32.1. The molecule has 3 N–H and O–H groups in total. The molecule has 0 aliphatic carbocycles. The summed E-state index contributed by atoms with van der Waals surface area (Å²) < 4.78 is 0. The van der Waals surface area contributed by atoms with Crippen LogP contribution in [0.3, 0.4) is 0 Å². The van der Waals surface area contributed by atoms with Gasteiger partial charge in [-0.05, 0) is 40.4 Å². The summed E-state index contributed by atoms with van der Waals surface area (Å²) in [5.41, 5.74) is 2.23. The number of thiophene rings is 2. The summed E-state index contributed by atoms with van der Waals surface area (Å²) in [5.74, 6) is -0.380. The van der Waals surface area contributed by atoms with Crippen molar-refractivity contribution in [1.82, 2.24) is 15.6 Å². The van der Waals surface area contributed by atoms with Gasteiger partial charge in [0.05, 0.1) is 4.88 Å². The van der Waals surface area contributed by atoms with E-state index >= 15 is 0 Å². The summed E-state index contributed by atoms with van der Waals surface area (Å²) in [4.78, 5) is 30.7. The van der Waals surface area contributed by atoms with Gasteiger partial charge in [0, 0.05) is 34.4 Å². The molecule has 0 fully saturated rings. The summed E-state index contributed by atoms with van der Waals surface area (Å²) >= 11 is 3.05. The molecule has 0 radical (unpaired) electrons. The molecule has 0 spiro atoms. The van der Waals surface area contributed by atoms with Crippen LogP contribution in [0, 0.1) is 5.92 Å². The second kappa shape index (κ2) is 9.49. The number of H-pyrrole nitrogens is 1. The molecule has 0 aliphatic heterocycles. The Labute approximate surface area is 189 Å². The van der Waals surface area contributed by atoms with Crippen molar-refractivity contribution in [2.24, 2.45) is 5.92 Å². The minimum absolute atomic E-state index is 0.0286. The molecule has 4 rings (SSSR count). The number of carbonyl (C=O) groups is 2. The second-order valence-electron chi connectivity index (χ2n) is 7.78. The van der Waals surface area contributed by atoms with Gasteiger partial charge in [0.25, 0.3) is 5.91 Å². The summed E-state index contributed by atoms with van der Waals surface area (Å²) in [7, 11) is 0. The summed E-state index contributed by atoms with van der Waals surface area (Å²) in [5, 5.41) is 11.1. The van der Waals surface area contributed by atoms with E-state index in [-0.39, 0.29) is 23.7 Å². The first kappa shape index (κ1) is 21.3. The van der Waals surface area contributed by atoms with E-state index in [4.69, 9.17) is 0 Å². The molecule has 3 aromatic heterocycles. The predicted molar refractivity (Wildman–Crippen MR) is 128 cm³/mol. The fraction of sp³-hybridized carbons (Fsp3) is 0.250. The van der Waals surface area contributed by atoms with E-state index in [9.17, 15) is 9.59 Å². The third-order valence-electron chi connectivity index (χ3n) is 5.34. The molecule has 5 nitrogen and oxygen atoms in total. The zero-order chi connectivity index (χ0) is 21.8. The van der Waals surface area contributed by atoms with Crippen LogP contribution in [-0.4, -0.2) is 29.4 Å². The highest BCUT2D eigenvalue weighted by Gasteiger charge is 2.27. The van der Waals surface area contributed by atoms with E-state index in [2.05, 4.69) is 39.2 Å².